The summed E-state index contributed by atoms with van der Waals surface area (Å²) in [5.74, 6) is 0. The number of nitrogens with zero attached hydrogens (tertiary/aromatic N) is 1. The summed E-state index contributed by atoms with van der Waals surface area (Å²) in [5.41, 5.74) is 0. The van der Waals surface area contributed by atoms with Crippen LogP contribution in [0, 0.1) is 0 Å². The fraction of sp³-hybridized carbons (Fsp3) is 1.00. The highest BCUT2D eigenvalue weighted by atomic mass is 32.2. The second-order valence-corrected chi connectivity index (χ2v) is 7.46. The quantitative estimate of drug-likeness (QED) is 0.704. The summed E-state index contributed by atoms with van der Waals surface area (Å²) in [6, 6.07) is 0. The van der Waals surface area contributed by atoms with E-state index >= 15 is 0 Å². The molecule has 1 aliphatic rings. The Labute approximate surface area is 86.0 Å². The number of β-amino-alcohol motifs (C(OH)–C–C–N with tert-alkyl or cyclic N) is 1. The minimum absolute atomic E-state index is 0.250. The van der Waals surface area contributed by atoms with Crippen molar-refractivity contribution in [2.45, 2.75) is 44.5 Å². The van der Waals surface area contributed by atoms with Gasteiger partial charge in [-0.3, -0.25) is 0 Å². The lowest BCUT2D eigenvalue weighted by Crippen LogP contribution is -2.48. The first-order chi connectivity index (χ1) is 6.25. The van der Waals surface area contributed by atoms with Crippen molar-refractivity contribution in [1.82, 2.24) is 4.31 Å². The van der Waals surface area contributed by atoms with E-state index in [1.807, 2.05) is 0 Å². The number of sulfonamides is 1. The molecule has 0 bridgehead atoms. The number of hydrogen-bond donors (Lipinski definition) is 1. The minimum Gasteiger partial charge on any atom is -0.392 e. The van der Waals surface area contributed by atoms with Crippen molar-refractivity contribution in [3.8, 4) is 0 Å². The predicted molar refractivity (Wildman–Crippen MR) is 55.5 cm³/mol. The summed E-state index contributed by atoms with van der Waals surface area (Å²) in [4.78, 5) is 0. The normalized spacial score (nSPS) is 26.4. The summed E-state index contributed by atoms with van der Waals surface area (Å²) in [6.07, 6.45) is 0.952. The molecule has 1 unspecified atom stereocenters. The molecule has 84 valence electrons. The Kier molecular flexibility index (Phi) is 3.23. The van der Waals surface area contributed by atoms with Crippen molar-refractivity contribution in [2.24, 2.45) is 0 Å². The first-order valence-electron chi connectivity index (χ1n) is 4.93. The maximum absolute atomic E-state index is 12.0. The summed E-state index contributed by atoms with van der Waals surface area (Å²) < 4.78 is 24.6. The van der Waals surface area contributed by atoms with Crippen LogP contribution in [0.5, 0.6) is 0 Å². The van der Waals surface area contributed by atoms with Crippen LogP contribution in [-0.4, -0.2) is 41.8 Å². The Hall–Kier alpha value is -0.130. The molecule has 1 atom stereocenters. The summed E-state index contributed by atoms with van der Waals surface area (Å²) in [5, 5.41) is 9.40. The van der Waals surface area contributed by atoms with Crippen LogP contribution >= 0.6 is 0 Å². The molecule has 0 aromatic rings. The standard InChI is InChI=1S/C9H19NO3S/c1-9(2,3)14(12,13)10-6-4-5-8(11)7-10/h8,11H,4-7H2,1-3H3. The van der Waals surface area contributed by atoms with E-state index in [0.29, 0.717) is 13.0 Å². The lowest BCUT2D eigenvalue weighted by Gasteiger charge is -2.34. The predicted octanol–water partition coefficient (Wildman–Crippen LogP) is 0.571. The molecular formula is C9H19NO3S. The Morgan fingerprint density at radius 3 is 2.36 bits per heavy atom. The molecule has 14 heavy (non-hydrogen) atoms. The van der Waals surface area contributed by atoms with E-state index in [1.54, 1.807) is 20.8 Å². The maximum Gasteiger partial charge on any atom is 0.219 e. The van der Waals surface area contributed by atoms with Crippen LogP contribution in [0.2, 0.25) is 0 Å². The molecule has 0 spiro atoms. The molecule has 1 fully saturated rings. The van der Waals surface area contributed by atoms with Crippen LogP contribution < -0.4 is 0 Å². The van der Waals surface area contributed by atoms with Crippen molar-refractivity contribution in [1.29, 1.82) is 0 Å². The molecule has 1 heterocycles. The first-order valence-corrected chi connectivity index (χ1v) is 6.37. The molecule has 0 saturated carbocycles. The van der Waals surface area contributed by atoms with Gasteiger partial charge in [0.25, 0.3) is 0 Å². The van der Waals surface area contributed by atoms with Gasteiger partial charge in [-0.25, -0.2) is 8.42 Å². The molecule has 5 heteroatoms. The molecule has 1 saturated heterocycles. The molecular weight excluding hydrogens is 202 g/mol. The third kappa shape index (κ3) is 2.27. The van der Waals surface area contributed by atoms with Crippen LogP contribution in [-0.2, 0) is 10.0 Å². The molecule has 0 amide bonds. The molecule has 0 aromatic carbocycles. The zero-order valence-electron chi connectivity index (χ0n) is 9.02. The molecule has 4 nitrogen and oxygen atoms in total. The van der Waals surface area contributed by atoms with Gasteiger partial charge >= 0.3 is 0 Å². The van der Waals surface area contributed by atoms with E-state index in [-0.39, 0.29) is 6.54 Å². The molecule has 0 aliphatic carbocycles. The van der Waals surface area contributed by atoms with E-state index in [9.17, 15) is 13.5 Å². The van der Waals surface area contributed by atoms with Gasteiger partial charge in [0.05, 0.1) is 10.9 Å². The number of rotatable bonds is 1. The molecule has 1 aliphatic heterocycles. The zero-order chi connectivity index (χ0) is 11.0. The molecule has 1 N–H and O–H groups in total. The Balaban J connectivity index is 2.83. The second kappa shape index (κ2) is 3.79. The molecule has 1 rings (SSSR count). The van der Waals surface area contributed by atoms with E-state index in [1.165, 1.54) is 4.31 Å². The lowest BCUT2D eigenvalue weighted by atomic mass is 10.1. The average Bonchev–Trinajstić information content (AvgIpc) is 2.02. The highest BCUT2D eigenvalue weighted by Gasteiger charge is 2.37. The van der Waals surface area contributed by atoms with Gasteiger partial charge in [-0.05, 0) is 33.6 Å². The highest BCUT2D eigenvalue weighted by molar-refractivity contribution is 7.90. The van der Waals surface area contributed by atoms with Gasteiger partial charge in [-0.2, -0.15) is 4.31 Å². The van der Waals surface area contributed by atoms with Crippen molar-refractivity contribution in [3.05, 3.63) is 0 Å². The van der Waals surface area contributed by atoms with Crippen LogP contribution in [0.15, 0.2) is 0 Å². The summed E-state index contributed by atoms with van der Waals surface area (Å²) in [6.45, 7) is 5.84. The van der Waals surface area contributed by atoms with Gasteiger partial charge in [0.15, 0.2) is 0 Å². The van der Waals surface area contributed by atoms with Crippen molar-refractivity contribution < 1.29 is 13.5 Å². The van der Waals surface area contributed by atoms with Crippen molar-refractivity contribution in [3.63, 3.8) is 0 Å². The molecule has 0 radical (unpaired) electrons. The van der Waals surface area contributed by atoms with Gasteiger partial charge in [0, 0.05) is 13.1 Å². The molecule has 0 aromatic heterocycles. The Morgan fingerprint density at radius 2 is 1.93 bits per heavy atom. The Morgan fingerprint density at radius 1 is 1.36 bits per heavy atom. The smallest absolute Gasteiger partial charge is 0.219 e. The van der Waals surface area contributed by atoms with Gasteiger partial charge < -0.3 is 5.11 Å². The fourth-order valence-electron chi connectivity index (χ4n) is 1.53. The number of hydrogen-bond acceptors (Lipinski definition) is 3. The average molecular weight is 221 g/mol. The fourth-order valence-corrected chi connectivity index (χ4v) is 3.04. The number of aliphatic hydroxyl groups is 1. The topological polar surface area (TPSA) is 57.6 Å². The highest BCUT2D eigenvalue weighted by Crippen LogP contribution is 2.23. The van der Waals surface area contributed by atoms with Crippen LogP contribution in [0.1, 0.15) is 33.6 Å². The maximum atomic E-state index is 12.0. The van der Waals surface area contributed by atoms with Crippen LogP contribution in [0.25, 0.3) is 0 Å². The second-order valence-electron chi connectivity index (χ2n) is 4.77. The SMILES string of the molecule is CC(C)(C)S(=O)(=O)N1CCCC(O)C1. The summed E-state index contributed by atoms with van der Waals surface area (Å²) in [7, 11) is -3.26. The van der Waals surface area contributed by atoms with Crippen LogP contribution in [0.4, 0.5) is 0 Å². The van der Waals surface area contributed by atoms with E-state index in [2.05, 4.69) is 0 Å². The van der Waals surface area contributed by atoms with E-state index in [4.69, 9.17) is 0 Å². The first kappa shape index (κ1) is 11.9. The van der Waals surface area contributed by atoms with Gasteiger partial charge in [0.1, 0.15) is 0 Å². The lowest BCUT2D eigenvalue weighted by molar-refractivity contribution is 0.107. The van der Waals surface area contributed by atoms with Crippen molar-refractivity contribution >= 4 is 10.0 Å². The van der Waals surface area contributed by atoms with Gasteiger partial charge in [-0.1, -0.05) is 0 Å². The summed E-state index contributed by atoms with van der Waals surface area (Å²) >= 11 is 0. The minimum atomic E-state index is -3.26. The third-order valence-electron chi connectivity index (χ3n) is 2.47. The van der Waals surface area contributed by atoms with Crippen LogP contribution in [0.3, 0.4) is 0 Å². The Bertz CT molecular complexity index is 292. The number of aliphatic hydroxyl groups excluding tert-OH is 1. The van der Waals surface area contributed by atoms with E-state index in [0.717, 1.165) is 6.42 Å². The zero-order valence-corrected chi connectivity index (χ0v) is 9.84. The van der Waals surface area contributed by atoms with Gasteiger partial charge in [0.2, 0.25) is 10.0 Å². The van der Waals surface area contributed by atoms with Gasteiger partial charge in [-0.15, -0.1) is 0 Å². The third-order valence-corrected chi connectivity index (χ3v) is 5.03. The van der Waals surface area contributed by atoms with E-state index < -0.39 is 20.9 Å². The monoisotopic (exact) mass is 221 g/mol. The number of piperidine rings is 1. The van der Waals surface area contributed by atoms with Crippen molar-refractivity contribution in [2.75, 3.05) is 13.1 Å². The largest absolute Gasteiger partial charge is 0.392 e.